The number of phenolic OH excluding ortho intramolecular Hbond substituents is 1. The lowest BCUT2D eigenvalue weighted by atomic mass is 9.97. The predicted molar refractivity (Wildman–Crippen MR) is 65.2 cm³/mol. The first kappa shape index (κ1) is 9.21. The summed E-state index contributed by atoms with van der Waals surface area (Å²) in [7, 11) is 0. The van der Waals surface area contributed by atoms with Gasteiger partial charge in [-0.3, -0.25) is 0 Å². The van der Waals surface area contributed by atoms with E-state index in [9.17, 15) is 5.11 Å². The molecule has 0 aliphatic heterocycles. The van der Waals surface area contributed by atoms with E-state index in [4.69, 9.17) is 11.7 Å². The van der Waals surface area contributed by atoms with Crippen LogP contribution >= 0.6 is 0 Å². The van der Waals surface area contributed by atoms with Gasteiger partial charge in [-0.15, -0.1) is 0 Å². The molecule has 0 unspecified atom stereocenters. The molecule has 0 saturated carbocycles. The largest absolute Gasteiger partial charge is 0.507 e. The molecule has 0 radical (unpaired) electrons. The average molecular weight is 213 g/mol. The first-order valence-electron chi connectivity index (χ1n) is 4.95. The zero-order valence-corrected chi connectivity index (χ0v) is 8.51. The molecule has 4 rings (SSSR count). The molecule has 0 aliphatic carbocycles. The summed E-state index contributed by atoms with van der Waals surface area (Å²) in [4.78, 5) is 0. The maximum absolute atomic E-state index is 9.88. The van der Waals surface area contributed by atoms with Crippen molar-refractivity contribution in [3.8, 4) is 5.75 Å². The van der Waals surface area contributed by atoms with Crippen molar-refractivity contribution in [2.75, 3.05) is 5.12 Å². The highest BCUT2D eigenvalue weighted by Gasteiger charge is 2.12. The van der Waals surface area contributed by atoms with Crippen molar-refractivity contribution in [3.63, 3.8) is 0 Å². The van der Waals surface area contributed by atoms with Crippen molar-refractivity contribution in [2.45, 2.75) is 0 Å². The van der Waals surface area contributed by atoms with Gasteiger partial charge >= 0.3 is 0 Å². The Morgan fingerprint density at radius 1 is 0.812 bits per heavy atom. The minimum atomic E-state index is 0.252. The van der Waals surface area contributed by atoms with E-state index in [2.05, 4.69) is 0 Å². The van der Waals surface area contributed by atoms with Crippen LogP contribution in [0.4, 0.5) is 5.69 Å². The quantitative estimate of drug-likeness (QED) is 0.424. The maximum atomic E-state index is 9.88. The monoisotopic (exact) mass is 213 g/mol. The van der Waals surface area contributed by atoms with E-state index in [1.807, 2.05) is 24.3 Å². The molecule has 5 N–H and O–H groups in total. The molecule has 0 fully saturated rings. The number of phenols is 1. The number of anilines is 1. The van der Waals surface area contributed by atoms with Gasteiger partial charge in [0.1, 0.15) is 5.75 Å². The number of fused-ring (bicyclic) bond motifs is 2. The molecule has 0 atom stereocenters. The van der Waals surface area contributed by atoms with E-state index < -0.39 is 0 Å². The second kappa shape index (κ2) is 2.98. The van der Waals surface area contributed by atoms with Crippen molar-refractivity contribution in [1.82, 2.24) is 0 Å². The first-order chi connectivity index (χ1) is 7.68. The zero-order valence-electron chi connectivity index (χ0n) is 8.51. The van der Waals surface area contributed by atoms with Gasteiger partial charge in [0.15, 0.2) is 0 Å². The summed E-state index contributed by atoms with van der Waals surface area (Å²) in [6.07, 6.45) is 0. The molecule has 80 valence electrons. The molecule has 16 heavy (non-hydrogen) atoms. The topological polar surface area (TPSA) is 75.5 Å². The van der Waals surface area contributed by atoms with Crippen LogP contribution in [0.5, 0.6) is 5.75 Å². The van der Waals surface area contributed by atoms with Crippen molar-refractivity contribution >= 4 is 27.2 Å². The van der Waals surface area contributed by atoms with E-state index in [1.165, 1.54) is 0 Å². The SMILES string of the molecule is NN(N)c1ccc(O)c2c3ccc(cc3)c12. The highest BCUT2D eigenvalue weighted by molar-refractivity contribution is 6.17. The summed E-state index contributed by atoms with van der Waals surface area (Å²) in [6, 6.07) is 11.2. The van der Waals surface area contributed by atoms with Crippen LogP contribution in [-0.2, 0) is 0 Å². The van der Waals surface area contributed by atoms with E-state index >= 15 is 0 Å². The minimum absolute atomic E-state index is 0.252. The van der Waals surface area contributed by atoms with E-state index in [1.54, 1.807) is 12.1 Å². The molecule has 0 amide bonds. The molecular formula is C12H11N3O. The van der Waals surface area contributed by atoms with Crippen LogP contribution < -0.4 is 16.8 Å². The fraction of sp³-hybridized carbons (Fsp3) is 0. The summed E-state index contributed by atoms with van der Waals surface area (Å²) in [5.74, 6) is 11.4. The van der Waals surface area contributed by atoms with Gasteiger partial charge in [0.25, 0.3) is 0 Å². The molecule has 4 nitrogen and oxygen atoms in total. The Hall–Kier alpha value is -2.04. The molecule has 0 spiro atoms. The van der Waals surface area contributed by atoms with Crippen molar-refractivity contribution in [3.05, 3.63) is 36.4 Å². The van der Waals surface area contributed by atoms with Crippen molar-refractivity contribution < 1.29 is 5.11 Å². The fourth-order valence-electron chi connectivity index (χ4n) is 2.18. The minimum Gasteiger partial charge on any atom is -0.507 e. The average Bonchev–Trinajstić information content (AvgIpc) is 2.30. The molecule has 4 aromatic carbocycles. The highest BCUT2D eigenvalue weighted by atomic mass is 16.3. The number of hydrogen-bond donors (Lipinski definition) is 3. The summed E-state index contributed by atoms with van der Waals surface area (Å²) in [5, 5.41) is 14.6. The summed E-state index contributed by atoms with van der Waals surface area (Å²) in [5.41, 5.74) is 0.703. The van der Waals surface area contributed by atoms with Gasteiger partial charge in [-0.05, 0) is 22.9 Å². The molecule has 4 aromatic rings. The van der Waals surface area contributed by atoms with Gasteiger partial charge < -0.3 is 5.11 Å². The Morgan fingerprint density at radius 2 is 1.38 bits per heavy atom. The van der Waals surface area contributed by atoms with Crippen LogP contribution in [0.1, 0.15) is 0 Å². The summed E-state index contributed by atoms with van der Waals surface area (Å²) >= 11 is 0. The van der Waals surface area contributed by atoms with Crippen molar-refractivity contribution in [2.24, 2.45) is 11.7 Å². The highest BCUT2D eigenvalue weighted by Crippen LogP contribution is 2.39. The van der Waals surface area contributed by atoms with Gasteiger partial charge in [-0.1, -0.05) is 24.3 Å². The lowest BCUT2D eigenvalue weighted by Gasteiger charge is -2.17. The first-order valence-corrected chi connectivity index (χ1v) is 4.95. The van der Waals surface area contributed by atoms with E-state index in [0.717, 1.165) is 26.7 Å². The second-order valence-electron chi connectivity index (χ2n) is 3.84. The predicted octanol–water partition coefficient (Wildman–Crippen LogP) is 1.69. The summed E-state index contributed by atoms with van der Waals surface area (Å²) < 4.78 is 0. The Kier molecular flexibility index (Phi) is 1.71. The fourth-order valence-corrected chi connectivity index (χ4v) is 2.18. The number of nitrogens with two attached hydrogens (primary N) is 2. The number of nitrogens with zero attached hydrogens (tertiary/aromatic N) is 1. The lowest BCUT2D eigenvalue weighted by molar-refractivity contribution is 0.482. The molecule has 0 saturated heterocycles. The lowest BCUT2D eigenvalue weighted by Crippen LogP contribution is -2.37. The van der Waals surface area contributed by atoms with Gasteiger partial charge in [-0.25, -0.2) is 16.8 Å². The normalized spacial score (nSPS) is 11.4. The Balaban J connectivity index is 2.59. The van der Waals surface area contributed by atoms with Crippen molar-refractivity contribution in [1.29, 1.82) is 0 Å². The van der Waals surface area contributed by atoms with E-state index in [-0.39, 0.29) is 5.75 Å². The number of benzene rings is 4. The molecule has 2 bridgehead atoms. The summed E-state index contributed by atoms with van der Waals surface area (Å²) in [6.45, 7) is 0. The van der Waals surface area contributed by atoms with Crippen LogP contribution in [0, 0.1) is 0 Å². The molecule has 0 heterocycles. The smallest absolute Gasteiger partial charge is 0.124 e. The number of aromatic hydroxyl groups is 1. The Bertz CT molecular complexity index is 643. The molecule has 0 aliphatic rings. The Labute approximate surface area is 91.9 Å². The van der Waals surface area contributed by atoms with Crippen LogP contribution in [0.3, 0.4) is 0 Å². The van der Waals surface area contributed by atoms with Crippen LogP contribution in [0.15, 0.2) is 36.4 Å². The number of hydrogen-bond acceptors (Lipinski definition) is 4. The maximum Gasteiger partial charge on any atom is 0.124 e. The van der Waals surface area contributed by atoms with Gasteiger partial charge in [-0.2, -0.15) is 0 Å². The van der Waals surface area contributed by atoms with E-state index in [0.29, 0.717) is 5.69 Å². The third-order valence-electron chi connectivity index (χ3n) is 2.90. The third-order valence-corrected chi connectivity index (χ3v) is 2.90. The Morgan fingerprint density at radius 3 is 1.94 bits per heavy atom. The number of rotatable bonds is 1. The van der Waals surface area contributed by atoms with Crippen LogP contribution in [0.2, 0.25) is 0 Å². The molecular weight excluding hydrogens is 202 g/mol. The standard InChI is InChI=1S/C12H11N3O/c13-15(14)9-5-6-10(16)12-8-3-1-7(2-4-8)11(9)12/h1-6,16H,13-14H2. The molecule has 4 heteroatoms. The zero-order chi connectivity index (χ0) is 11.3. The van der Waals surface area contributed by atoms with Gasteiger partial charge in [0.05, 0.1) is 5.69 Å². The second-order valence-corrected chi connectivity index (χ2v) is 3.84. The van der Waals surface area contributed by atoms with Crippen LogP contribution in [0.25, 0.3) is 21.5 Å². The molecule has 0 aromatic heterocycles. The third kappa shape index (κ3) is 1.05. The van der Waals surface area contributed by atoms with Gasteiger partial charge in [0.2, 0.25) is 0 Å². The van der Waals surface area contributed by atoms with Gasteiger partial charge in [0, 0.05) is 10.8 Å². The van der Waals surface area contributed by atoms with Crippen LogP contribution in [-0.4, -0.2) is 5.11 Å². The number of hydrazine groups is 2.